The van der Waals surface area contributed by atoms with Crippen molar-refractivity contribution < 1.29 is 9.59 Å². The fraction of sp³-hybridized carbons (Fsp3) is 0.263. The molecular weight excluding hydrogens is 288 g/mol. The molecule has 120 valence electrons. The summed E-state index contributed by atoms with van der Waals surface area (Å²) in [7, 11) is 0. The highest BCUT2D eigenvalue weighted by Gasteiger charge is 2.12. The van der Waals surface area contributed by atoms with Gasteiger partial charge in [0.25, 0.3) is 5.91 Å². The molecule has 0 aliphatic carbocycles. The third-order valence-electron chi connectivity index (χ3n) is 3.50. The molecule has 0 heterocycles. The van der Waals surface area contributed by atoms with Gasteiger partial charge in [-0.1, -0.05) is 42.5 Å². The third-order valence-corrected chi connectivity index (χ3v) is 3.50. The van der Waals surface area contributed by atoms with Crippen LogP contribution in [-0.4, -0.2) is 18.4 Å². The van der Waals surface area contributed by atoms with Gasteiger partial charge in [-0.3, -0.25) is 9.59 Å². The fourth-order valence-corrected chi connectivity index (χ4v) is 2.36. The molecule has 23 heavy (non-hydrogen) atoms. The number of para-hydroxylation sites is 1. The first kappa shape index (κ1) is 16.7. The Labute approximate surface area is 136 Å². The average Bonchev–Trinajstić information content (AvgIpc) is 2.56. The molecule has 0 spiro atoms. The largest absolute Gasteiger partial charge is 0.352 e. The highest BCUT2D eigenvalue weighted by molar-refractivity contribution is 6.03. The van der Waals surface area contributed by atoms with Crippen LogP contribution in [0.1, 0.15) is 35.7 Å². The van der Waals surface area contributed by atoms with Crippen LogP contribution < -0.4 is 10.6 Å². The van der Waals surface area contributed by atoms with Gasteiger partial charge in [-0.2, -0.15) is 0 Å². The number of hydrogen-bond acceptors (Lipinski definition) is 2. The second-order valence-electron chi connectivity index (χ2n) is 5.29. The van der Waals surface area contributed by atoms with Crippen LogP contribution in [0.15, 0.2) is 54.6 Å². The molecular formula is C19H22N2O2. The zero-order valence-corrected chi connectivity index (χ0v) is 13.3. The molecule has 0 aliphatic rings. The maximum Gasteiger partial charge on any atom is 0.253 e. The van der Waals surface area contributed by atoms with Crippen LogP contribution in [0.4, 0.5) is 5.69 Å². The van der Waals surface area contributed by atoms with Crippen LogP contribution in [-0.2, 0) is 11.2 Å². The summed E-state index contributed by atoms with van der Waals surface area (Å²) in [6.45, 7) is 2.42. The Morgan fingerprint density at radius 3 is 2.39 bits per heavy atom. The predicted octanol–water partition coefficient (Wildman–Crippen LogP) is 3.40. The number of hydrogen-bond donors (Lipinski definition) is 2. The van der Waals surface area contributed by atoms with Crippen LogP contribution in [0, 0.1) is 0 Å². The first-order chi connectivity index (χ1) is 11.2. The van der Waals surface area contributed by atoms with E-state index < -0.39 is 0 Å². The number of nitrogens with one attached hydrogen (secondary N) is 2. The van der Waals surface area contributed by atoms with E-state index in [-0.39, 0.29) is 11.8 Å². The Hall–Kier alpha value is -2.62. The normalized spacial score (nSPS) is 10.1. The molecule has 0 fully saturated rings. The Morgan fingerprint density at radius 1 is 0.957 bits per heavy atom. The average molecular weight is 310 g/mol. The molecule has 2 rings (SSSR count). The van der Waals surface area contributed by atoms with E-state index >= 15 is 0 Å². The Bertz CT molecular complexity index is 653. The van der Waals surface area contributed by atoms with Crippen LogP contribution in [0.2, 0.25) is 0 Å². The van der Waals surface area contributed by atoms with Crippen molar-refractivity contribution in [2.75, 3.05) is 11.9 Å². The van der Waals surface area contributed by atoms with Crippen molar-refractivity contribution in [1.29, 1.82) is 0 Å². The lowest BCUT2D eigenvalue weighted by Crippen LogP contribution is -2.24. The lowest BCUT2D eigenvalue weighted by atomic mass is 10.1. The van der Waals surface area contributed by atoms with Gasteiger partial charge in [-0.05, 0) is 37.5 Å². The van der Waals surface area contributed by atoms with E-state index in [2.05, 4.69) is 22.8 Å². The van der Waals surface area contributed by atoms with Crippen molar-refractivity contribution in [2.24, 2.45) is 0 Å². The van der Waals surface area contributed by atoms with E-state index in [9.17, 15) is 9.59 Å². The van der Waals surface area contributed by atoms with Gasteiger partial charge in [0.15, 0.2) is 0 Å². The highest BCUT2D eigenvalue weighted by Crippen LogP contribution is 2.15. The molecule has 2 N–H and O–H groups in total. The van der Waals surface area contributed by atoms with Gasteiger partial charge in [-0.25, -0.2) is 0 Å². The second kappa shape index (κ2) is 8.73. The number of rotatable bonds is 7. The molecule has 0 saturated heterocycles. The van der Waals surface area contributed by atoms with Gasteiger partial charge >= 0.3 is 0 Å². The maximum absolute atomic E-state index is 12.1. The second-order valence-corrected chi connectivity index (χ2v) is 5.29. The van der Waals surface area contributed by atoms with E-state index in [0.717, 1.165) is 12.8 Å². The number of benzene rings is 2. The first-order valence-electron chi connectivity index (χ1n) is 7.91. The molecule has 0 bridgehead atoms. The predicted molar refractivity (Wildman–Crippen MR) is 92.5 cm³/mol. The molecule has 0 radical (unpaired) electrons. The van der Waals surface area contributed by atoms with Gasteiger partial charge in [0.2, 0.25) is 5.91 Å². The fourth-order valence-electron chi connectivity index (χ4n) is 2.36. The first-order valence-corrected chi connectivity index (χ1v) is 7.91. The third kappa shape index (κ3) is 5.25. The molecule has 0 atom stereocenters. The van der Waals surface area contributed by atoms with Crippen LogP contribution >= 0.6 is 0 Å². The molecule has 0 aromatic heterocycles. The van der Waals surface area contributed by atoms with Gasteiger partial charge in [0, 0.05) is 13.0 Å². The zero-order valence-electron chi connectivity index (χ0n) is 13.3. The summed E-state index contributed by atoms with van der Waals surface area (Å²) >= 11 is 0. The molecule has 2 amide bonds. The quantitative estimate of drug-likeness (QED) is 0.823. The minimum Gasteiger partial charge on any atom is -0.352 e. The molecule has 4 nitrogen and oxygen atoms in total. The molecule has 2 aromatic rings. The summed E-state index contributed by atoms with van der Waals surface area (Å²) in [5.41, 5.74) is 2.27. The Morgan fingerprint density at radius 2 is 1.65 bits per heavy atom. The topological polar surface area (TPSA) is 58.2 Å². The summed E-state index contributed by atoms with van der Waals surface area (Å²) in [5.74, 6) is -0.245. The van der Waals surface area contributed by atoms with Crippen molar-refractivity contribution in [3.8, 4) is 0 Å². The lowest BCUT2D eigenvalue weighted by Gasteiger charge is -2.10. The number of carbonyl (C=O) groups excluding carboxylic acids is 2. The van der Waals surface area contributed by atoms with Crippen molar-refractivity contribution in [1.82, 2.24) is 5.32 Å². The van der Waals surface area contributed by atoms with Gasteiger partial charge in [0.1, 0.15) is 0 Å². The summed E-state index contributed by atoms with van der Waals surface area (Å²) in [6, 6.07) is 17.2. The Kier molecular flexibility index (Phi) is 6.36. The highest BCUT2D eigenvalue weighted by atomic mass is 16.2. The molecule has 0 aliphatic heterocycles. The van der Waals surface area contributed by atoms with E-state index in [0.29, 0.717) is 24.2 Å². The van der Waals surface area contributed by atoms with Crippen molar-refractivity contribution in [3.05, 3.63) is 65.7 Å². The number of amides is 2. The molecule has 4 heteroatoms. The van der Waals surface area contributed by atoms with Crippen LogP contribution in [0.3, 0.4) is 0 Å². The summed E-state index contributed by atoms with van der Waals surface area (Å²) in [5, 5.41) is 5.59. The van der Waals surface area contributed by atoms with E-state index in [1.165, 1.54) is 5.56 Å². The summed E-state index contributed by atoms with van der Waals surface area (Å²) in [4.78, 5) is 24.1. The van der Waals surface area contributed by atoms with Crippen molar-refractivity contribution in [2.45, 2.75) is 26.2 Å². The standard InChI is InChI=1S/C19H22N2O2/c1-2-20-19(23)16-12-6-7-13-17(16)21-18(22)14-8-11-15-9-4-3-5-10-15/h3-7,9-10,12-13H,2,8,11,14H2,1H3,(H,20,23)(H,21,22). The Balaban J connectivity index is 1.89. The van der Waals surface area contributed by atoms with Gasteiger partial charge < -0.3 is 10.6 Å². The molecule has 0 unspecified atom stereocenters. The number of aryl methyl sites for hydroxylation is 1. The lowest BCUT2D eigenvalue weighted by molar-refractivity contribution is -0.116. The summed E-state index contributed by atoms with van der Waals surface area (Å²) in [6.07, 6.45) is 2.07. The van der Waals surface area contributed by atoms with Crippen LogP contribution in [0.5, 0.6) is 0 Å². The van der Waals surface area contributed by atoms with Gasteiger partial charge in [-0.15, -0.1) is 0 Å². The van der Waals surface area contributed by atoms with Crippen molar-refractivity contribution >= 4 is 17.5 Å². The molecule has 0 saturated carbocycles. The monoisotopic (exact) mass is 310 g/mol. The molecule has 2 aromatic carbocycles. The zero-order chi connectivity index (χ0) is 16.5. The maximum atomic E-state index is 12.1. The van der Waals surface area contributed by atoms with E-state index in [1.807, 2.05) is 31.2 Å². The number of carbonyl (C=O) groups is 2. The number of anilines is 1. The summed E-state index contributed by atoms with van der Waals surface area (Å²) < 4.78 is 0. The van der Waals surface area contributed by atoms with Crippen molar-refractivity contribution in [3.63, 3.8) is 0 Å². The minimum absolute atomic E-state index is 0.0716. The smallest absolute Gasteiger partial charge is 0.253 e. The van der Waals surface area contributed by atoms with Crippen LogP contribution in [0.25, 0.3) is 0 Å². The van der Waals surface area contributed by atoms with E-state index in [1.54, 1.807) is 18.2 Å². The van der Waals surface area contributed by atoms with E-state index in [4.69, 9.17) is 0 Å². The van der Waals surface area contributed by atoms with Gasteiger partial charge in [0.05, 0.1) is 11.3 Å². The SMILES string of the molecule is CCNC(=O)c1ccccc1NC(=O)CCCc1ccccc1. The minimum atomic E-state index is -0.173.